The quantitative estimate of drug-likeness (QED) is 0.855. The Balaban J connectivity index is 1.94. The predicted octanol–water partition coefficient (Wildman–Crippen LogP) is 1.45. The van der Waals surface area contributed by atoms with Crippen LogP contribution in [0.15, 0.2) is 24.3 Å². The van der Waals surface area contributed by atoms with Gasteiger partial charge in [0, 0.05) is 19.1 Å². The molecule has 1 saturated heterocycles. The van der Waals surface area contributed by atoms with Crippen LogP contribution in [-0.4, -0.2) is 43.6 Å². The van der Waals surface area contributed by atoms with E-state index in [-0.39, 0.29) is 18.5 Å². The van der Waals surface area contributed by atoms with Crippen molar-refractivity contribution in [3.05, 3.63) is 24.3 Å². The Morgan fingerprint density at radius 2 is 2.25 bits per heavy atom. The number of hydrogen-bond acceptors (Lipinski definition) is 4. The number of piperidine rings is 1. The zero-order valence-corrected chi connectivity index (χ0v) is 12.0. The van der Waals surface area contributed by atoms with E-state index in [1.165, 1.54) is 0 Å². The monoisotopic (exact) mass is 277 g/mol. The number of nitrogens with zero attached hydrogens (tertiary/aromatic N) is 1. The number of hydrogen-bond donors (Lipinski definition) is 2. The summed E-state index contributed by atoms with van der Waals surface area (Å²) in [4.78, 5) is 14.2. The Morgan fingerprint density at radius 1 is 1.45 bits per heavy atom. The van der Waals surface area contributed by atoms with Crippen LogP contribution in [0.3, 0.4) is 0 Å². The highest BCUT2D eigenvalue weighted by molar-refractivity contribution is 5.81. The van der Waals surface area contributed by atoms with Crippen LogP contribution in [0, 0.1) is 0 Å². The molecule has 1 aliphatic rings. The number of carbonyl (C=O) groups is 1. The Morgan fingerprint density at radius 3 is 3.00 bits per heavy atom. The fourth-order valence-corrected chi connectivity index (χ4v) is 2.64. The number of likely N-dealkylation sites (tertiary alicyclic amines) is 1. The number of benzene rings is 1. The van der Waals surface area contributed by atoms with Gasteiger partial charge in [0.1, 0.15) is 5.75 Å². The summed E-state index contributed by atoms with van der Waals surface area (Å²) in [5.74, 6) is 0.848. The van der Waals surface area contributed by atoms with Gasteiger partial charge in [0.15, 0.2) is 0 Å². The van der Waals surface area contributed by atoms with Gasteiger partial charge in [0.05, 0.1) is 19.3 Å². The van der Waals surface area contributed by atoms with Crippen molar-refractivity contribution < 1.29 is 9.53 Å². The van der Waals surface area contributed by atoms with Gasteiger partial charge in [-0.3, -0.25) is 4.79 Å². The summed E-state index contributed by atoms with van der Waals surface area (Å²) in [6.45, 7) is 1.63. The molecule has 5 heteroatoms. The minimum Gasteiger partial charge on any atom is -0.495 e. The number of carbonyl (C=O) groups excluding carboxylic acids is 1. The number of methoxy groups -OCH3 is 1. The van der Waals surface area contributed by atoms with Crippen LogP contribution in [0.5, 0.6) is 5.75 Å². The molecule has 0 radical (unpaired) electrons. The third-order valence-corrected chi connectivity index (χ3v) is 3.76. The summed E-state index contributed by atoms with van der Waals surface area (Å²) in [5, 5.41) is 3.15. The lowest BCUT2D eigenvalue weighted by Gasteiger charge is -2.35. The number of nitrogens with one attached hydrogen (secondary N) is 1. The van der Waals surface area contributed by atoms with E-state index in [1.807, 2.05) is 29.2 Å². The molecule has 0 bridgehead atoms. The van der Waals surface area contributed by atoms with Crippen molar-refractivity contribution in [2.75, 3.05) is 32.1 Å². The molecule has 1 unspecified atom stereocenters. The molecule has 0 aliphatic carbocycles. The molecular weight excluding hydrogens is 254 g/mol. The highest BCUT2D eigenvalue weighted by Gasteiger charge is 2.25. The van der Waals surface area contributed by atoms with Crippen molar-refractivity contribution in [1.82, 2.24) is 4.90 Å². The van der Waals surface area contributed by atoms with Gasteiger partial charge in [-0.15, -0.1) is 0 Å². The summed E-state index contributed by atoms with van der Waals surface area (Å²) in [7, 11) is 1.62. The second kappa shape index (κ2) is 7.14. The molecule has 5 nitrogen and oxygen atoms in total. The topological polar surface area (TPSA) is 67.6 Å². The van der Waals surface area contributed by atoms with Gasteiger partial charge in [-0.2, -0.15) is 0 Å². The maximum absolute atomic E-state index is 12.3. The van der Waals surface area contributed by atoms with Crippen LogP contribution in [0.2, 0.25) is 0 Å². The van der Waals surface area contributed by atoms with Crippen molar-refractivity contribution >= 4 is 11.6 Å². The molecule has 1 atom stereocenters. The number of nitrogens with two attached hydrogens (primary N) is 1. The predicted molar refractivity (Wildman–Crippen MR) is 79.9 cm³/mol. The number of para-hydroxylation sites is 2. The third kappa shape index (κ3) is 3.42. The summed E-state index contributed by atoms with van der Waals surface area (Å²) in [6, 6.07) is 7.79. The van der Waals surface area contributed by atoms with Crippen molar-refractivity contribution in [3.8, 4) is 5.75 Å². The minimum absolute atomic E-state index is 0.103. The SMILES string of the molecule is COc1ccccc1NCC(=O)N1CCCCC1CN. The molecule has 3 N–H and O–H groups in total. The molecule has 1 aliphatic heterocycles. The molecular formula is C15H23N3O2. The fourth-order valence-electron chi connectivity index (χ4n) is 2.64. The van der Waals surface area contributed by atoms with E-state index in [2.05, 4.69) is 5.32 Å². The van der Waals surface area contributed by atoms with Crippen LogP contribution in [0.25, 0.3) is 0 Å². The molecule has 1 fully saturated rings. The van der Waals surface area contributed by atoms with Crippen LogP contribution >= 0.6 is 0 Å². The second-order valence-electron chi connectivity index (χ2n) is 5.03. The molecule has 110 valence electrons. The average Bonchev–Trinajstić information content (AvgIpc) is 2.52. The average molecular weight is 277 g/mol. The molecule has 20 heavy (non-hydrogen) atoms. The maximum atomic E-state index is 12.3. The van der Waals surface area contributed by atoms with E-state index >= 15 is 0 Å². The Hall–Kier alpha value is -1.75. The van der Waals surface area contributed by atoms with E-state index in [0.717, 1.165) is 37.2 Å². The van der Waals surface area contributed by atoms with E-state index in [4.69, 9.17) is 10.5 Å². The van der Waals surface area contributed by atoms with Crippen molar-refractivity contribution in [2.45, 2.75) is 25.3 Å². The van der Waals surface area contributed by atoms with Crippen LogP contribution < -0.4 is 15.8 Å². The van der Waals surface area contributed by atoms with Gasteiger partial charge in [0.2, 0.25) is 5.91 Å². The number of anilines is 1. The van der Waals surface area contributed by atoms with E-state index < -0.39 is 0 Å². The molecule has 1 aromatic carbocycles. The zero-order valence-electron chi connectivity index (χ0n) is 12.0. The van der Waals surface area contributed by atoms with E-state index in [1.54, 1.807) is 7.11 Å². The van der Waals surface area contributed by atoms with Crippen LogP contribution in [0.4, 0.5) is 5.69 Å². The lowest BCUT2D eigenvalue weighted by molar-refractivity contribution is -0.132. The third-order valence-electron chi connectivity index (χ3n) is 3.76. The first-order chi connectivity index (χ1) is 9.76. The Labute approximate surface area is 120 Å². The number of rotatable bonds is 5. The number of ether oxygens (including phenoxy) is 1. The fraction of sp³-hybridized carbons (Fsp3) is 0.533. The standard InChI is InChI=1S/C15H23N3O2/c1-20-14-8-3-2-7-13(14)17-11-15(19)18-9-5-4-6-12(18)10-16/h2-3,7-8,12,17H,4-6,9-11,16H2,1H3. The lowest BCUT2D eigenvalue weighted by Crippen LogP contribution is -2.49. The van der Waals surface area contributed by atoms with Crippen molar-refractivity contribution in [1.29, 1.82) is 0 Å². The van der Waals surface area contributed by atoms with Gasteiger partial charge in [-0.05, 0) is 31.4 Å². The molecule has 0 aromatic heterocycles. The first kappa shape index (κ1) is 14.7. The maximum Gasteiger partial charge on any atom is 0.242 e. The van der Waals surface area contributed by atoms with Gasteiger partial charge >= 0.3 is 0 Å². The summed E-state index contributed by atoms with van der Waals surface area (Å²) < 4.78 is 5.26. The molecule has 0 saturated carbocycles. The molecule has 1 heterocycles. The van der Waals surface area contributed by atoms with Crippen molar-refractivity contribution in [3.63, 3.8) is 0 Å². The summed E-state index contributed by atoms with van der Waals surface area (Å²) in [6.07, 6.45) is 3.24. The van der Waals surface area contributed by atoms with Crippen LogP contribution in [0.1, 0.15) is 19.3 Å². The van der Waals surface area contributed by atoms with Gasteiger partial charge < -0.3 is 20.7 Å². The molecule has 1 amide bonds. The number of amides is 1. The highest BCUT2D eigenvalue weighted by atomic mass is 16.5. The van der Waals surface area contributed by atoms with Gasteiger partial charge in [-0.25, -0.2) is 0 Å². The Kier molecular flexibility index (Phi) is 5.24. The van der Waals surface area contributed by atoms with E-state index in [9.17, 15) is 4.79 Å². The second-order valence-corrected chi connectivity index (χ2v) is 5.03. The Bertz CT molecular complexity index is 450. The summed E-state index contributed by atoms with van der Waals surface area (Å²) in [5.41, 5.74) is 6.59. The molecule has 2 rings (SSSR count). The first-order valence-electron chi connectivity index (χ1n) is 7.12. The highest BCUT2D eigenvalue weighted by Crippen LogP contribution is 2.23. The molecule has 0 spiro atoms. The minimum atomic E-state index is 0.103. The van der Waals surface area contributed by atoms with Gasteiger partial charge in [-0.1, -0.05) is 12.1 Å². The largest absolute Gasteiger partial charge is 0.495 e. The van der Waals surface area contributed by atoms with Crippen LogP contribution in [-0.2, 0) is 4.79 Å². The first-order valence-corrected chi connectivity index (χ1v) is 7.12. The summed E-state index contributed by atoms with van der Waals surface area (Å²) >= 11 is 0. The van der Waals surface area contributed by atoms with Crippen molar-refractivity contribution in [2.24, 2.45) is 5.73 Å². The zero-order chi connectivity index (χ0) is 14.4. The lowest BCUT2D eigenvalue weighted by atomic mass is 10.0. The normalized spacial score (nSPS) is 18.7. The smallest absolute Gasteiger partial charge is 0.242 e. The van der Waals surface area contributed by atoms with Gasteiger partial charge in [0.25, 0.3) is 0 Å². The van der Waals surface area contributed by atoms with E-state index in [0.29, 0.717) is 6.54 Å². The molecule has 1 aromatic rings.